The molecule has 0 saturated carbocycles. The zero-order chi connectivity index (χ0) is 14.5. The molecule has 2 rings (SSSR count). The lowest BCUT2D eigenvalue weighted by molar-refractivity contribution is -0.138. The van der Waals surface area contributed by atoms with Crippen molar-refractivity contribution in [3.8, 4) is 5.75 Å². The van der Waals surface area contributed by atoms with Crippen LogP contribution in [0, 0.1) is 0 Å². The minimum Gasteiger partial charge on any atom is -0.497 e. The molecule has 0 saturated heterocycles. The van der Waals surface area contributed by atoms with Crippen LogP contribution in [0.15, 0.2) is 53.0 Å². The molecule has 0 aromatic heterocycles. The Bertz CT molecular complexity index is 601. The minimum atomic E-state index is -0.935. The van der Waals surface area contributed by atoms with E-state index in [4.69, 9.17) is 4.74 Å². The summed E-state index contributed by atoms with van der Waals surface area (Å²) in [4.78, 5) is 11.4. The molecule has 20 heavy (non-hydrogen) atoms. The van der Waals surface area contributed by atoms with E-state index in [2.05, 4.69) is 21.2 Å². The largest absolute Gasteiger partial charge is 0.497 e. The molecule has 1 unspecified atom stereocenters. The summed E-state index contributed by atoms with van der Waals surface area (Å²) < 4.78 is 5.98. The maximum absolute atomic E-state index is 11.4. The normalized spacial score (nSPS) is 11.7. The maximum atomic E-state index is 11.4. The highest BCUT2D eigenvalue weighted by Gasteiger charge is 2.19. The van der Waals surface area contributed by atoms with Crippen molar-refractivity contribution in [2.24, 2.45) is 0 Å². The summed E-state index contributed by atoms with van der Waals surface area (Å²) in [7, 11) is 1.57. The summed E-state index contributed by atoms with van der Waals surface area (Å²) in [5.74, 6) is -0.283. The SMILES string of the molecule is COc1cc(Br)cc(NC(C(=O)O)c2ccccc2)c1. The predicted octanol–water partition coefficient (Wildman–Crippen LogP) is 3.70. The summed E-state index contributed by atoms with van der Waals surface area (Å²) in [6.45, 7) is 0. The van der Waals surface area contributed by atoms with Crippen molar-refractivity contribution >= 4 is 27.6 Å². The molecule has 2 aromatic rings. The van der Waals surface area contributed by atoms with Crippen LogP contribution in [0.1, 0.15) is 11.6 Å². The fourth-order valence-electron chi connectivity index (χ4n) is 1.86. The third kappa shape index (κ3) is 3.51. The van der Waals surface area contributed by atoms with E-state index in [0.717, 1.165) is 4.47 Å². The predicted molar refractivity (Wildman–Crippen MR) is 81.1 cm³/mol. The Morgan fingerprint density at radius 1 is 1.25 bits per heavy atom. The number of carbonyl (C=O) groups is 1. The van der Waals surface area contributed by atoms with Crippen molar-refractivity contribution in [3.05, 3.63) is 58.6 Å². The van der Waals surface area contributed by atoms with E-state index in [1.165, 1.54) is 0 Å². The second-order valence-corrected chi connectivity index (χ2v) is 5.12. The number of aliphatic carboxylic acids is 1. The van der Waals surface area contributed by atoms with Crippen molar-refractivity contribution in [1.29, 1.82) is 0 Å². The van der Waals surface area contributed by atoms with Gasteiger partial charge in [-0.25, -0.2) is 4.79 Å². The van der Waals surface area contributed by atoms with Gasteiger partial charge in [-0.2, -0.15) is 0 Å². The van der Waals surface area contributed by atoms with Gasteiger partial charge in [0.05, 0.1) is 7.11 Å². The fourth-order valence-corrected chi connectivity index (χ4v) is 2.34. The monoisotopic (exact) mass is 335 g/mol. The van der Waals surface area contributed by atoms with E-state index in [-0.39, 0.29) is 0 Å². The molecule has 0 fully saturated rings. The first-order valence-electron chi connectivity index (χ1n) is 5.99. The Kier molecular flexibility index (Phi) is 4.63. The van der Waals surface area contributed by atoms with Crippen LogP contribution < -0.4 is 10.1 Å². The average Bonchev–Trinajstić information content (AvgIpc) is 2.44. The second kappa shape index (κ2) is 6.43. The highest BCUT2D eigenvalue weighted by Crippen LogP contribution is 2.27. The van der Waals surface area contributed by atoms with Crippen LogP contribution in [0.4, 0.5) is 5.69 Å². The first-order valence-corrected chi connectivity index (χ1v) is 6.78. The van der Waals surface area contributed by atoms with Crippen LogP contribution in [-0.4, -0.2) is 18.2 Å². The van der Waals surface area contributed by atoms with Gasteiger partial charge < -0.3 is 15.2 Å². The van der Waals surface area contributed by atoms with Crippen molar-refractivity contribution in [1.82, 2.24) is 0 Å². The number of carboxylic acid groups (broad SMARTS) is 1. The number of nitrogens with one attached hydrogen (secondary N) is 1. The highest BCUT2D eigenvalue weighted by atomic mass is 79.9. The Balaban J connectivity index is 2.29. The Morgan fingerprint density at radius 3 is 2.55 bits per heavy atom. The molecule has 0 aliphatic heterocycles. The Labute approximate surface area is 125 Å². The van der Waals surface area contributed by atoms with Crippen LogP contribution in [0.25, 0.3) is 0 Å². The van der Waals surface area contributed by atoms with Gasteiger partial charge in [0.2, 0.25) is 0 Å². The lowest BCUT2D eigenvalue weighted by Gasteiger charge is -2.17. The average molecular weight is 336 g/mol. The van der Waals surface area contributed by atoms with Gasteiger partial charge in [-0.05, 0) is 17.7 Å². The van der Waals surface area contributed by atoms with Crippen LogP contribution >= 0.6 is 15.9 Å². The first-order chi connectivity index (χ1) is 9.60. The van der Waals surface area contributed by atoms with E-state index in [0.29, 0.717) is 17.0 Å². The van der Waals surface area contributed by atoms with Gasteiger partial charge in [0, 0.05) is 16.2 Å². The van der Waals surface area contributed by atoms with Gasteiger partial charge in [-0.15, -0.1) is 0 Å². The zero-order valence-corrected chi connectivity index (χ0v) is 12.4. The number of halogens is 1. The van der Waals surface area contributed by atoms with E-state index in [9.17, 15) is 9.90 Å². The number of rotatable bonds is 5. The smallest absolute Gasteiger partial charge is 0.330 e. The molecular formula is C15H14BrNO3. The van der Waals surface area contributed by atoms with Crippen LogP contribution in [0.5, 0.6) is 5.75 Å². The molecule has 0 aliphatic carbocycles. The van der Waals surface area contributed by atoms with Gasteiger partial charge >= 0.3 is 5.97 Å². The molecule has 0 spiro atoms. The maximum Gasteiger partial charge on any atom is 0.330 e. The van der Waals surface area contributed by atoms with E-state index < -0.39 is 12.0 Å². The minimum absolute atomic E-state index is 0.652. The van der Waals surface area contributed by atoms with Crippen LogP contribution in [0.2, 0.25) is 0 Å². The number of carboxylic acids is 1. The molecule has 0 heterocycles. The number of anilines is 1. The van der Waals surface area contributed by atoms with Crippen molar-refractivity contribution in [3.63, 3.8) is 0 Å². The molecule has 104 valence electrons. The van der Waals surface area contributed by atoms with E-state index in [1.807, 2.05) is 24.3 Å². The molecule has 2 N–H and O–H groups in total. The van der Waals surface area contributed by atoms with Gasteiger partial charge in [0.1, 0.15) is 5.75 Å². The number of ether oxygens (including phenoxy) is 1. The molecule has 0 aliphatic rings. The zero-order valence-electron chi connectivity index (χ0n) is 10.8. The van der Waals surface area contributed by atoms with E-state index >= 15 is 0 Å². The van der Waals surface area contributed by atoms with Gasteiger partial charge in [-0.3, -0.25) is 0 Å². The van der Waals surface area contributed by atoms with E-state index in [1.54, 1.807) is 31.4 Å². The Hall–Kier alpha value is -2.01. The van der Waals surface area contributed by atoms with Crippen LogP contribution in [-0.2, 0) is 4.79 Å². The molecule has 0 radical (unpaired) electrons. The number of hydrogen-bond acceptors (Lipinski definition) is 3. The summed E-state index contributed by atoms with van der Waals surface area (Å²) >= 11 is 3.37. The number of benzene rings is 2. The van der Waals surface area contributed by atoms with Crippen molar-refractivity contribution in [2.75, 3.05) is 12.4 Å². The standard InChI is InChI=1S/C15H14BrNO3/c1-20-13-8-11(16)7-12(9-13)17-14(15(18)19)10-5-3-2-4-6-10/h2-9,14,17H,1H3,(H,18,19). The molecule has 5 heteroatoms. The van der Waals surface area contributed by atoms with Crippen molar-refractivity contribution in [2.45, 2.75) is 6.04 Å². The lowest BCUT2D eigenvalue weighted by Crippen LogP contribution is -2.20. The summed E-state index contributed by atoms with van der Waals surface area (Å²) in [6, 6.07) is 13.6. The first kappa shape index (κ1) is 14.4. The van der Waals surface area contributed by atoms with Crippen LogP contribution in [0.3, 0.4) is 0 Å². The van der Waals surface area contributed by atoms with Gasteiger partial charge in [0.15, 0.2) is 6.04 Å². The lowest BCUT2D eigenvalue weighted by atomic mass is 10.1. The summed E-state index contributed by atoms with van der Waals surface area (Å²) in [5.41, 5.74) is 1.37. The number of hydrogen-bond donors (Lipinski definition) is 2. The molecule has 1 atom stereocenters. The Morgan fingerprint density at radius 2 is 1.95 bits per heavy atom. The fraction of sp³-hybridized carbons (Fsp3) is 0.133. The quantitative estimate of drug-likeness (QED) is 0.874. The van der Waals surface area contributed by atoms with Gasteiger partial charge in [0.25, 0.3) is 0 Å². The summed E-state index contributed by atoms with van der Waals surface area (Å²) in [5, 5.41) is 12.4. The third-order valence-corrected chi connectivity index (χ3v) is 3.26. The van der Waals surface area contributed by atoms with Crippen molar-refractivity contribution < 1.29 is 14.6 Å². The number of methoxy groups -OCH3 is 1. The summed E-state index contributed by atoms with van der Waals surface area (Å²) in [6.07, 6.45) is 0. The topological polar surface area (TPSA) is 58.6 Å². The molecule has 0 bridgehead atoms. The third-order valence-electron chi connectivity index (χ3n) is 2.80. The highest BCUT2D eigenvalue weighted by molar-refractivity contribution is 9.10. The van der Waals surface area contributed by atoms with Gasteiger partial charge in [-0.1, -0.05) is 46.3 Å². The molecular weight excluding hydrogens is 322 g/mol. The molecule has 2 aromatic carbocycles. The second-order valence-electron chi connectivity index (χ2n) is 4.21. The molecule has 0 amide bonds. The molecule has 4 nitrogen and oxygen atoms in total.